The standard InChI is InChI=1S/C20H27N3O4/c1-21-13-16-17(22-12-11-19(24)26-2)9-6-10-18(16)23-20(25)27-14-15-7-4-3-5-8-15/h3-5,7-8,13,18,22H,6,9-12,14H2,1-2H3,(H,23,25)/t18-/m1/s1. The summed E-state index contributed by atoms with van der Waals surface area (Å²) in [7, 11) is 3.07. The molecule has 1 aliphatic rings. The molecule has 0 saturated carbocycles. The molecule has 1 amide bonds. The van der Waals surface area contributed by atoms with Gasteiger partial charge in [0, 0.05) is 31.1 Å². The van der Waals surface area contributed by atoms with E-state index >= 15 is 0 Å². The number of nitrogens with one attached hydrogen (secondary N) is 2. The van der Waals surface area contributed by atoms with Crippen LogP contribution >= 0.6 is 0 Å². The first-order chi connectivity index (χ1) is 13.1. The van der Waals surface area contributed by atoms with E-state index in [0.717, 1.165) is 36.1 Å². The summed E-state index contributed by atoms with van der Waals surface area (Å²) < 4.78 is 9.98. The number of ether oxygens (including phenoxy) is 2. The third-order valence-electron chi connectivity index (χ3n) is 4.31. The van der Waals surface area contributed by atoms with Gasteiger partial charge < -0.3 is 20.1 Å². The Kier molecular flexibility index (Phi) is 8.35. The van der Waals surface area contributed by atoms with Gasteiger partial charge in [0.1, 0.15) is 6.61 Å². The van der Waals surface area contributed by atoms with Crippen molar-refractivity contribution in [1.29, 1.82) is 0 Å². The summed E-state index contributed by atoms with van der Waals surface area (Å²) in [6.07, 6.45) is 4.16. The fraction of sp³-hybridized carbons (Fsp3) is 0.450. The Morgan fingerprint density at radius 2 is 2.07 bits per heavy atom. The second-order valence-corrected chi connectivity index (χ2v) is 6.22. The Hall–Kier alpha value is -2.83. The number of rotatable bonds is 8. The maximum Gasteiger partial charge on any atom is 0.407 e. The second-order valence-electron chi connectivity index (χ2n) is 6.22. The zero-order valence-corrected chi connectivity index (χ0v) is 15.9. The highest BCUT2D eigenvalue weighted by atomic mass is 16.5. The van der Waals surface area contributed by atoms with Crippen molar-refractivity contribution >= 4 is 18.3 Å². The predicted octanol–water partition coefficient (Wildman–Crippen LogP) is 2.57. The molecule has 0 saturated heterocycles. The highest BCUT2D eigenvalue weighted by molar-refractivity contribution is 5.83. The Bertz CT molecular complexity index is 686. The van der Waals surface area contributed by atoms with E-state index in [4.69, 9.17) is 4.74 Å². The van der Waals surface area contributed by atoms with Gasteiger partial charge in [0.15, 0.2) is 0 Å². The quantitative estimate of drug-likeness (QED) is 0.540. The largest absolute Gasteiger partial charge is 0.469 e. The zero-order chi connectivity index (χ0) is 19.5. The molecule has 1 aromatic rings. The van der Waals surface area contributed by atoms with E-state index in [2.05, 4.69) is 20.4 Å². The molecule has 2 N–H and O–H groups in total. The SMILES string of the molecule is CN=CC1=C(NCCC(=O)OC)CCC[C@H]1NC(=O)OCc1ccccc1. The number of aliphatic imine (C=N–C) groups is 1. The van der Waals surface area contributed by atoms with Gasteiger partial charge in [-0.25, -0.2) is 4.79 Å². The molecule has 0 fully saturated rings. The van der Waals surface area contributed by atoms with Crippen LogP contribution in [-0.4, -0.2) is 45.0 Å². The van der Waals surface area contributed by atoms with Gasteiger partial charge in [0.05, 0.1) is 19.6 Å². The smallest absolute Gasteiger partial charge is 0.407 e. The lowest BCUT2D eigenvalue weighted by atomic mass is 9.91. The normalized spacial score (nSPS) is 16.9. The Balaban J connectivity index is 1.95. The average Bonchev–Trinajstić information content (AvgIpc) is 2.69. The Labute approximate surface area is 159 Å². The first-order valence-electron chi connectivity index (χ1n) is 9.07. The first kappa shape index (κ1) is 20.5. The van der Waals surface area contributed by atoms with Gasteiger partial charge in [0.2, 0.25) is 0 Å². The summed E-state index contributed by atoms with van der Waals surface area (Å²) in [6, 6.07) is 9.37. The van der Waals surface area contributed by atoms with Crippen LogP contribution in [0.1, 0.15) is 31.2 Å². The van der Waals surface area contributed by atoms with Crippen LogP contribution in [0.25, 0.3) is 0 Å². The average molecular weight is 373 g/mol. The lowest BCUT2D eigenvalue weighted by molar-refractivity contribution is -0.140. The molecule has 0 heterocycles. The summed E-state index contributed by atoms with van der Waals surface area (Å²) in [4.78, 5) is 27.6. The highest BCUT2D eigenvalue weighted by Gasteiger charge is 2.24. The number of methoxy groups -OCH3 is 1. The van der Waals surface area contributed by atoms with Crippen molar-refractivity contribution < 1.29 is 19.1 Å². The molecule has 7 heteroatoms. The molecule has 146 valence electrons. The minimum Gasteiger partial charge on any atom is -0.469 e. The minimum atomic E-state index is -0.457. The van der Waals surface area contributed by atoms with Gasteiger partial charge in [0.25, 0.3) is 0 Å². The third kappa shape index (κ3) is 6.77. The number of nitrogens with zero attached hydrogens (tertiary/aromatic N) is 1. The number of esters is 1. The molecule has 0 bridgehead atoms. The molecule has 1 atom stereocenters. The van der Waals surface area contributed by atoms with Crippen LogP contribution in [0.2, 0.25) is 0 Å². The molecule has 0 aliphatic heterocycles. The van der Waals surface area contributed by atoms with Crippen molar-refractivity contribution in [2.75, 3.05) is 20.7 Å². The molecule has 0 aromatic heterocycles. The van der Waals surface area contributed by atoms with Crippen LogP contribution in [0.4, 0.5) is 4.79 Å². The molecule has 1 aromatic carbocycles. The number of amides is 1. The maximum absolute atomic E-state index is 12.2. The van der Waals surface area contributed by atoms with Crippen molar-refractivity contribution in [2.45, 2.75) is 38.3 Å². The van der Waals surface area contributed by atoms with Gasteiger partial charge in [-0.3, -0.25) is 9.79 Å². The van der Waals surface area contributed by atoms with E-state index in [1.807, 2.05) is 30.3 Å². The number of allylic oxidation sites excluding steroid dienone is 1. The van der Waals surface area contributed by atoms with Gasteiger partial charge in [-0.1, -0.05) is 30.3 Å². The Morgan fingerprint density at radius 3 is 2.78 bits per heavy atom. The molecule has 27 heavy (non-hydrogen) atoms. The van der Waals surface area contributed by atoms with E-state index in [9.17, 15) is 9.59 Å². The lowest BCUT2D eigenvalue weighted by Crippen LogP contribution is -2.40. The molecule has 7 nitrogen and oxygen atoms in total. The molecule has 0 spiro atoms. The number of carbonyl (C=O) groups excluding carboxylic acids is 2. The number of carbonyl (C=O) groups is 2. The fourth-order valence-corrected chi connectivity index (χ4v) is 2.97. The van der Waals surface area contributed by atoms with Gasteiger partial charge in [-0.15, -0.1) is 0 Å². The number of hydrogen-bond acceptors (Lipinski definition) is 6. The van der Waals surface area contributed by atoms with Crippen LogP contribution in [0.5, 0.6) is 0 Å². The molecule has 0 radical (unpaired) electrons. The summed E-state index contributed by atoms with van der Waals surface area (Å²) in [5.41, 5.74) is 2.85. The van der Waals surface area contributed by atoms with E-state index in [1.54, 1.807) is 13.3 Å². The van der Waals surface area contributed by atoms with Crippen molar-refractivity contribution in [3.8, 4) is 0 Å². The maximum atomic E-state index is 12.2. The number of benzene rings is 1. The zero-order valence-electron chi connectivity index (χ0n) is 15.9. The summed E-state index contributed by atoms with van der Waals surface area (Å²) >= 11 is 0. The van der Waals surface area contributed by atoms with Gasteiger partial charge in [-0.05, 0) is 24.8 Å². The van der Waals surface area contributed by atoms with Crippen molar-refractivity contribution in [2.24, 2.45) is 4.99 Å². The summed E-state index contributed by atoms with van der Waals surface area (Å²) in [5, 5.41) is 6.20. The van der Waals surface area contributed by atoms with Crippen LogP contribution in [0.3, 0.4) is 0 Å². The molecule has 2 rings (SSSR count). The van der Waals surface area contributed by atoms with Crippen LogP contribution in [-0.2, 0) is 20.9 Å². The summed E-state index contributed by atoms with van der Waals surface area (Å²) in [6.45, 7) is 0.707. The molecular weight excluding hydrogens is 346 g/mol. The topological polar surface area (TPSA) is 89.0 Å². The first-order valence-corrected chi connectivity index (χ1v) is 9.07. The van der Waals surface area contributed by atoms with E-state index in [-0.39, 0.29) is 25.0 Å². The molecular formula is C20H27N3O4. The van der Waals surface area contributed by atoms with E-state index in [0.29, 0.717) is 6.54 Å². The van der Waals surface area contributed by atoms with E-state index in [1.165, 1.54) is 7.11 Å². The number of hydrogen-bond donors (Lipinski definition) is 2. The monoisotopic (exact) mass is 373 g/mol. The third-order valence-corrected chi connectivity index (χ3v) is 4.31. The molecule has 1 aliphatic carbocycles. The van der Waals surface area contributed by atoms with E-state index < -0.39 is 6.09 Å². The van der Waals surface area contributed by atoms with Gasteiger partial charge in [-0.2, -0.15) is 0 Å². The minimum absolute atomic E-state index is 0.175. The Morgan fingerprint density at radius 1 is 1.30 bits per heavy atom. The van der Waals surface area contributed by atoms with Crippen molar-refractivity contribution in [1.82, 2.24) is 10.6 Å². The number of alkyl carbamates (subject to hydrolysis) is 1. The summed E-state index contributed by atoms with van der Waals surface area (Å²) in [5.74, 6) is -0.260. The van der Waals surface area contributed by atoms with Crippen LogP contribution < -0.4 is 10.6 Å². The van der Waals surface area contributed by atoms with Crippen LogP contribution in [0.15, 0.2) is 46.6 Å². The van der Waals surface area contributed by atoms with Crippen LogP contribution in [0, 0.1) is 0 Å². The van der Waals surface area contributed by atoms with Crippen molar-refractivity contribution in [3.05, 3.63) is 47.2 Å². The van der Waals surface area contributed by atoms with Crippen molar-refractivity contribution in [3.63, 3.8) is 0 Å². The predicted molar refractivity (Wildman–Crippen MR) is 103 cm³/mol. The lowest BCUT2D eigenvalue weighted by Gasteiger charge is -2.27. The molecule has 0 unspecified atom stereocenters. The second kappa shape index (κ2) is 11.0. The highest BCUT2D eigenvalue weighted by Crippen LogP contribution is 2.23. The fourth-order valence-electron chi connectivity index (χ4n) is 2.97. The van der Waals surface area contributed by atoms with Gasteiger partial charge >= 0.3 is 12.1 Å².